The number of carbonyl (C=O) groups is 2. The Morgan fingerprint density at radius 3 is 2.22 bits per heavy atom. The molecule has 3 aromatic rings. The predicted molar refractivity (Wildman–Crippen MR) is 109 cm³/mol. The van der Waals surface area contributed by atoms with E-state index in [2.05, 4.69) is 9.84 Å². The largest absolute Gasteiger partial charge is 0.464 e. The average molecular weight is 459 g/mol. The topological polar surface area (TPSA) is 148 Å². The van der Waals surface area contributed by atoms with Crippen LogP contribution in [0, 0.1) is 10.1 Å². The number of sulfone groups is 1. The molecule has 0 aliphatic carbocycles. The maximum atomic E-state index is 13.4. The summed E-state index contributed by atoms with van der Waals surface area (Å²) in [5.41, 5.74) is -1.30. The molecule has 0 fully saturated rings. The molecule has 0 spiro atoms. The molecule has 0 atom stereocenters. The highest BCUT2D eigenvalue weighted by molar-refractivity contribution is 7.91. The molecule has 0 saturated carbocycles. The Morgan fingerprint density at radius 1 is 1.06 bits per heavy atom. The van der Waals surface area contributed by atoms with E-state index in [0.717, 1.165) is 23.9 Å². The molecule has 2 aromatic carbocycles. The molecule has 1 aromatic heterocycles. The summed E-state index contributed by atoms with van der Waals surface area (Å²) in [7, 11) is -3.38. The van der Waals surface area contributed by atoms with E-state index in [0.29, 0.717) is 0 Å². The Hall–Kier alpha value is -4.06. The lowest BCUT2D eigenvalue weighted by atomic mass is 10.2. The van der Waals surface area contributed by atoms with Crippen LogP contribution in [0.5, 0.6) is 0 Å². The number of carbonyl (C=O) groups excluding carboxylic acids is 2. The molecule has 1 heterocycles. The first-order chi connectivity index (χ1) is 15.2. The second-order valence-corrected chi connectivity index (χ2v) is 8.13. The van der Waals surface area contributed by atoms with Gasteiger partial charge in [0.05, 0.1) is 29.2 Å². The van der Waals surface area contributed by atoms with Gasteiger partial charge in [-0.15, -0.1) is 0 Å². The summed E-state index contributed by atoms with van der Waals surface area (Å²) in [6.45, 7) is 1.44. The molecule has 0 amide bonds. The Bertz CT molecular complexity index is 1280. The van der Waals surface area contributed by atoms with Gasteiger partial charge in [0, 0.05) is 12.1 Å². The number of nitrogens with zero attached hydrogens (tertiary/aromatic N) is 3. The highest BCUT2D eigenvalue weighted by atomic mass is 32.2. The molecule has 12 heteroatoms. The zero-order chi connectivity index (χ0) is 23.5. The van der Waals surface area contributed by atoms with E-state index >= 15 is 0 Å². The molecular weight excluding hydrogens is 442 g/mol. The first-order valence-electron chi connectivity index (χ1n) is 9.15. The number of methoxy groups -OCH3 is 1. The third kappa shape index (κ3) is 4.07. The third-order valence-corrected chi connectivity index (χ3v) is 6.13. The molecule has 0 unspecified atom stereocenters. The van der Waals surface area contributed by atoms with Crippen molar-refractivity contribution in [2.45, 2.75) is 16.7 Å². The van der Waals surface area contributed by atoms with E-state index in [1.165, 1.54) is 43.3 Å². The van der Waals surface area contributed by atoms with Gasteiger partial charge in [0.2, 0.25) is 9.84 Å². The third-order valence-electron chi connectivity index (χ3n) is 4.32. The van der Waals surface area contributed by atoms with Crippen LogP contribution in [0.25, 0.3) is 5.69 Å². The van der Waals surface area contributed by atoms with Crippen LogP contribution in [0.2, 0.25) is 0 Å². The molecule has 0 saturated heterocycles. The van der Waals surface area contributed by atoms with Crippen molar-refractivity contribution < 1.29 is 32.4 Å². The molecule has 0 N–H and O–H groups in total. The van der Waals surface area contributed by atoms with Gasteiger partial charge in [0.25, 0.3) is 5.69 Å². The SMILES string of the molecule is CCOC(=O)c1c(S(=O)(=O)c2ccccc2)c(C(=O)OC)nn1-c1ccc([N+](=O)[O-])cc1. The molecule has 0 radical (unpaired) electrons. The standard InChI is InChI=1S/C20H17N3O8S/c1-3-31-20(25)17-18(32(28,29)15-7-5-4-6-8-15)16(19(24)30-2)21-22(17)13-9-11-14(12-10-13)23(26)27/h4-12H,3H2,1-2H3. The highest BCUT2D eigenvalue weighted by Gasteiger charge is 2.38. The van der Waals surface area contributed by atoms with Gasteiger partial charge >= 0.3 is 11.9 Å². The van der Waals surface area contributed by atoms with Gasteiger partial charge in [0.1, 0.15) is 4.90 Å². The smallest absolute Gasteiger partial charge is 0.360 e. The lowest BCUT2D eigenvalue weighted by molar-refractivity contribution is -0.384. The van der Waals surface area contributed by atoms with Crippen molar-refractivity contribution in [3.63, 3.8) is 0 Å². The van der Waals surface area contributed by atoms with Crippen LogP contribution < -0.4 is 0 Å². The maximum absolute atomic E-state index is 13.4. The minimum absolute atomic E-state index is 0.0807. The van der Waals surface area contributed by atoms with E-state index in [-0.39, 0.29) is 22.9 Å². The van der Waals surface area contributed by atoms with E-state index < -0.39 is 43.0 Å². The quantitative estimate of drug-likeness (QED) is 0.295. The number of esters is 2. The zero-order valence-electron chi connectivity index (χ0n) is 16.9. The maximum Gasteiger partial charge on any atom is 0.360 e. The monoisotopic (exact) mass is 459 g/mol. The predicted octanol–water partition coefficient (Wildman–Crippen LogP) is 2.58. The van der Waals surface area contributed by atoms with Gasteiger partial charge in [-0.25, -0.2) is 22.7 Å². The fourth-order valence-electron chi connectivity index (χ4n) is 2.89. The summed E-state index contributed by atoms with van der Waals surface area (Å²) in [5, 5.41) is 15.0. The van der Waals surface area contributed by atoms with E-state index in [4.69, 9.17) is 4.74 Å². The minimum Gasteiger partial charge on any atom is -0.464 e. The number of ether oxygens (including phenoxy) is 2. The van der Waals surface area contributed by atoms with Crippen molar-refractivity contribution in [2.24, 2.45) is 0 Å². The van der Waals surface area contributed by atoms with Crippen molar-refractivity contribution in [3.8, 4) is 5.69 Å². The number of nitro benzene ring substituents is 1. The Balaban J connectivity index is 2.37. The molecule has 0 aliphatic rings. The summed E-state index contributed by atoms with van der Waals surface area (Å²) >= 11 is 0. The summed E-state index contributed by atoms with van der Waals surface area (Å²) in [5.74, 6) is -2.14. The number of nitro groups is 1. The van der Waals surface area contributed by atoms with Crippen molar-refractivity contribution in [2.75, 3.05) is 13.7 Å². The number of non-ortho nitro benzene ring substituents is 1. The molecule has 0 bridgehead atoms. The van der Waals surface area contributed by atoms with Crippen molar-refractivity contribution >= 4 is 27.5 Å². The number of rotatable bonds is 7. The van der Waals surface area contributed by atoms with Crippen LogP contribution in [-0.4, -0.2) is 48.8 Å². The van der Waals surface area contributed by atoms with Gasteiger partial charge < -0.3 is 9.47 Å². The van der Waals surface area contributed by atoms with Crippen LogP contribution in [0.1, 0.15) is 27.9 Å². The first kappa shape index (κ1) is 22.6. The summed E-state index contributed by atoms with van der Waals surface area (Å²) in [6.07, 6.45) is 0. The van der Waals surface area contributed by atoms with Crippen molar-refractivity contribution in [1.82, 2.24) is 9.78 Å². The molecule has 166 valence electrons. The number of hydrogen-bond donors (Lipinski definition) is 0. The van der Waals surface area contributed by atoms with Crippen LogP contribution in [0.15, 0.2) is 64.4 Å². The van der Waals surface area contributed by atoms with Crippen LogP contribution in [-0.2, 0) is 19.3 Å². The van der Waals surface area contributed by atoms with Crippen LogP contribution in [0.4, 0.5) is 5.69 Å². The average Bonchev–Trinajstić information content (AvgIpc) is 3.21. The summed E-state index contributed by atoms with van der Waals surface area (Å²) < 4.78 is 37.5. The van der Waals surface area contributed by atoms with Crippen molar-refractivity contribution in [3.05, 3.63) is 76.1 Å². The van der Waals surface area contributed by atoms with Gasteiger partial charge in [-0.05, 0) is 31.2 Å². The van der Waals surface area contributed by atoms with Gasteiger partial charge in [-0.1, -0.05) is 18.2 Å². The summed E-state index contributed by atoms with van der Waals surface area (Å²) in [6, 6.07) is 12.0. The first-order valence-corrected chi connectivity index (χ1v) is 10.6. The lowest BCUT2D eigenvalue weighted by Gasteiger charge is -2.10. The van der Waals surface area contributed by atoms with E-state index in [9.17, 15) is 28.1 Å². The molecule has 0 aliphatic heterocycles. The van der Waals surface area contributed by atoms with Crippen molar-refractivity contribution in [1.29, 1.82) is 0 Å². The molecular formula is C20H17N3O8S. The fraction of sp³-hybridized carbons (Fsp3) is 0.150. The van der Waals surface area contributed by atoms with Gasteiger partial charge in [-0.3, -0.25) is 10.1 Å². The normalized spacial score (nSPS) is 11.1. The minimum atomic E-state index is -4.42. The summed E-state index contributed by atoms with van der Waals surface area (Å²) in [4.78, 5) is 34.7. The number of hydrogen-bond acceptors (Lipinski definition) is 9. The highest BCUT2D eigenvalue weighted by Crippen LogP contribution is 2.31. The number of benzene rings is 2. The zero-order valence-corrected chi connectivity index (χ0v) is 17.7. The molecule has 3 rings (SSSR count). The van der Waals surface area contributed by atoms with Gasteiger partial charge in [-0.2, -0.15) is 5.10 Å². The molecule has 32 heavy (non-hydrogen) atoms. The van der Waals surface area contributed by atoms with Crippen LogP contribution >= 0.6 is 0 Å². The van der Waals surface area contributed by atoms with E-state index in [1.807, 2.05) is 0 Å². The van der Waals surface area contributed by atoms with E-state index in [1.54, 1.807) is 6.07 Å². The second-order valence-electron chi connectivity index (χ2n) is 6.24. The second kappa shape index (κ2) is 8.98. The van der Waals surface area contributed by atoms with Crippen LogP contribution in [0.3, 0.4) is 0 Å². The van der Waals surface area contributed by atoms with Gasteiger partial charge in [0.15, 0.2) is 11.4 Å². The Kier molecular flexibility index (Phi) is 6.35. The fourth-order valence-corrected chi connectivity index (χ4v) is 4.44. The lowest BCUT2D eigenvalue weighted by Crippen LogP contribution is -2.17. The Morgan fingerprint density at radius 2 is 1.69 bits per heavy atom. The Labute approximate surface area is 182 Å². The number of aromatic nitrogens is 2. The molecule has 11 nitrogen and oxygen atoms in total.